The maximum absolute atomic E-state index is 12.0. The quantitative estimate of drug-likeness (QED) is 0.853. The van der Waals surface area contributed by atoms with Crippen molar-refractivity contribution in [1.29, 1.82) is 0 Å². The molecule has 2 N–H and O–H groups in total. The van der Waals surface area contributed by atoms with Crippen LogP contribution in [0.2, 0.25) is 0 Å². The minimum atomic E-state index is -0.298. The van der Waals surface area contributed by atoms with Gasteiger partial charge in [-0.3, -0.25) is 14.5 Å². The normalized spacial score (nSPS) is 12.3. The van der Waals surface area contributed by atoms with E-state index in [0.717, 1.165) is 5.76 Å². The van der Waals surface area contributed by atoms with Gasteiger partial charge in [0.05, 0.1) is 12.3 Å². The minimum Gasteiger partial charge on any atom is -0.468 e. The predicted molar refractivity (Wildman–Crippen MR) is 74.5 cm³/mol. The van der Waals surface area contributed by atoms with Crippen molar-refractivity contribution in [2.24, 2.45) is 0 Å². The van der Waals surface area contributed by atoms with Crippen LogP contribution in [0, 0.1) is 0 Å². The summed E-state index contributed by atoms with van der Waals surface area (Å²) in [5, 5.41) is 2.80. The smallest absolute Gasteiger partial charge is 0.251 e. The summed E-state index contributed by atoms with van der Waals surface area (Å²) in [6.07, 6.45) is 3.05. The maximum Gasteiger partial charge on any atom is 0.251 e. The van der Waals surface area contributed by atoms with Gasteiger partial charge in [-0.25, -0.2) is 0 Å². The Bertz CT molecular complexity index is 617. The topological polar surface area (TPSA) is 78.3 Å². The number of furan rings is 1. The molecular formula is C14H17N3O3. The molecule has 2 heterocycles. The average Bonchev–Trinajstić information content (AvgIpc) is 2.92. The molecule has 0 fully saturated rings. The van der Waals surface area contributed by atoms with Crippen molar-refractivity contribution in [3.63, 3.8) is 0 Å². The van der Waals surface area contributed by atoms with Crippen molar-refractivity contribution in [3.8, 4) is 0 Å². The van der Waals surface area contributed by atoms with E-state index in [9.17, 15) is 9.59 Å². The van der Waals surface area contributed by atoms with Crippen molar-refractivity contribution >= 4 is 5.91 Å². The van der Waals surface area contributed by atoms with E-state index in [0.29, 0.717) is 12.1 Å². The number of nitrogens with zero attached hydrogens (tertiary/aromatic N) is 1. The zero-order valence-corrected chi connectivity index (χ0v) is 11.4. The highest BCUT2D eigenvalue weighted by Gasteiger charge is 2.18. The van der Waals surface area contributed by atoms with Gasteiger partial charge in [-0.2, -0.15) is 0 Å². The molecule has 2 aromatic rings. The number of carbonyl (C=O) groups excluding carboxylic acids is 1. The molecule has 0 saturated carbocycles. The standard InChI is InChI=1S/C14H17N3O3/c1-17(2)11(12-4-3-7-20-12)9-16-14(19)10-5-6-15-13(18)8-10/h3-8,11H,9H2,1-2H3,(H,15,18)(H,16,19). The molecule has 106 valence electrons. The van der Waals surface area contributed by atoms with Crippen LogP contribution in [-0.4, -0.2) is 36.4 Å². The lowest BCUT2D eigenvalue weighted by Gasteiger charge is -2.22. The molecule has 1 amide bonds. The van der Waals surface area contributed by atoms with Crippen molar-refractivity contribution in [2.75, 3.05) is 20.6 Å². The second kappa shape index (κ2) is 6.21. The van der Waals surface area contributed by atoms with Crippen LogP contribution < -0.4 is 10.9 Å². The Labute approximate surface area is 116 Å². The summed E-state index contributed by atoms with van der Waals surface area (Å²) < 4.78 is 5.37. The maximum atomic E-state index is 12.0. The summed E-state index contributed by atoms with van der Waals surface area (Å²) in [7, 11) is 3.82. The van der Waals surface area contributed by atoms with E-state index in [1.54, 1.807) is 12.3 Å². The largest absolute Gasteiger partial charge is 0.468 e. The lowest BCUT2D eigenvalue weighted by atomic mass is 10.2. The molecule has 2 rings (SSSR count). The molecule has 2 aromatic heterocycles. The van der Waals surface area contributed by atoms with Gasteiger partial charge in [0, 0.05) is 24.4 Å². The SMILES string of the molecule is CN(C)C(CNC(=O)c1cc[nH]c(=O)c1)c1ccco1. The second-order valence-corrected chi connectivity index (χ2v) is 4.65. The van der Waals surface area contributed by atoms with Crippen LogP contribution in [0.15, 0.2) is 45.9 Å². The Kier molecular flexibility index (Phi) is 4.37. The first-order valence-electron chi connectivity index (χ1n) is 6.24. The average molecular weight is 275 g/mol. The van der Waals surface area contributed by atoms with Gasteiger partial charge < -0.3 is 14.7 Å². The van der Waals surface area contributed by atoms with E-state index >= 15 is 0 Å². The number of aromatic nitrogens is 1. The van der Waals surface area contributed by atoms with Gasteiger partial charge in [0.1, 0.15) is 5.76 Å². The fourth-order valence-corrected chi connectivity index (χ4v) is 1.90. The molecule has 0 saturated heterocycles. The highest BCUT2D eigenvalue weighted by molar-refractivity contribution is 5.93. The summed E-state index contributed by atoms with van der Waals surface area (Å²) in [5.41, 5.74) is 0.0403. The van der Waals surface area contributed by atoms with Crippen molar-refractivity contribution in [2.45, 2.75) is 6.04 Å². The van der Waals surface area contributed by atoms with Crippen molar-refractivity contribution in [1.82, 2.24) is 15.2 Å². The Morgan fingerprint density at radius 3 is 2.85 bits per heavy atom. The number of pyridine rings is 1. The molecule has 0 aliphatic carbocycles. The molecule has 0 radical (unpaired) electrons. The van der Waals surface area contributed by atoms with E-state index in [4.69, 9.17) is 4.42 Å². The van der Waals surface area contributed by atoms with Gasteiger partial charge in [0.15, 0.2) is 0 Å². The summed E-state index contributed by atoms with van der Waals surface area (Å²) >= 11 is 0. The van der Waals surface area contributed by atoms with Crippen LogP contribution in [-0.2, 0) is 0 Å². The molecule has 0 aliphatic rings. The molecule has 0 bridgehead atoms. The van der Waals surface area contributed by atoms with Crippen molar-refractivity contribution < 1.29 is 9.21 Å². The Balaban J connectivity index is 2.03. The van der Waals surface area contributed by atoms with Crippen LogP contribution in [0.5, 0.6) is 0 Å². The number of nitrogens with one attached hydrogen (secondary N) is 2. The summed E-state index contributed by atoms with van der Waals surface area (Å²) in [6, 6.07) is 6.45. The zero-order chi connectivity index (χ0) is 14.5. The number of carbonyl (C=O) groups is 1. The first-order chi connectivity index (χ1) is 9.58. The number of hydrogen-bond acceptors (Lipinski definition) is 4. The number of aromatic amines is 1. The van der Waals surface area contributed by atoms with Crippen LogP contribution >= 0.6 is 0 Å². The minimum absolute atomic E-state index is 0.0593. The van der Waals surface area contributed by atoms with E-state index in [-0.39, 0.29) is 17.5 Å². The van der Waals surface area contributed by atoms with Crippen LogP contribution in [0.3, 0.4) is 0 Å². The zero-order valence-electron chi connectivity index (χ0n) is 11.4. The van der Waals surface area contributed by atoms with Gasteiger partial charge in [-0.15, -0.1) is 0 Å². The molecular weight excluding hydrogens is 258 g/mol. The summed E-state index contributed by atoms with van der Waals surface area (Å²) in [4.78, 5) is 27.6. The Morgan fingerprint density at radius 1 is 1.45 bits per heavy atom. The lowest BCUT2D eigenvalue weighted by Crippen LogP contribution is -2.34. The molecule has 6 heteroatoms. The fraction of sp³-hybridized carbons (Fsp3) is 0.286. The first kappa shape index (κ1) is 14.1. The highest BCUT2D eigenvalue weighted by atomic mass is 16.3. The van der Waals surface area contributed by atoms with E-state index < -0.39 is 0 Å². The summed E-state index contributed by atoms with van der Waals surface area (Å²) in [5.74, 6) is 0.496. The lowest BCUT2D eigenvalue weighted by molar-refractivity contribution is 0.0939. The number of hydrogen-bond donors (Lipinski definition) is 2. The highest BCUT2D eigenvalue weighted by Crippen LogP contribution is 2.17. The fourth-order valence-electron chi connectivity index (χ4n) is 1.90. The Hall–Kier alpha value is -2.34. The number of rotatable bonds is 5. The Morgan fingerprint density at radius 2 is 2.25 bits per heavy atom. The third kappa shape index (κ3) is 3.36. The molecule has 0 aromatic carbocycles. The third-order valence-electron chi connectivity index (χ3n) is 2.99. The van der Waals surface area contributed by atoms with Gasteiger partial charge in [0.2, 0.25) is 5.56 Å². The number of H-pyrrole nitrogens is 1. The number of amides is 1. The van der Waals surface area contributed by atoms with Gasteiger partial charge in [-0.1, -0.05) is 0 Å². The van der Waals surface area contributed by atoms with Gasteiger partial charge in [-0.05, 0) is 32.3 Å². The molecule has 20 heavy (non-hydrogen) atoms. The third-order valence-corrected chi connectivity index (χ3v) is 2.99. The van der Waals surface area contributed by atoms with Crippen LogP contribution in [0.25, 0.3) is 0 Å². The number of likely N-dealkylation sites (N-methyl/N-ethyl adjacent to an activating group) is 1. The monoisotopic (exact) mass is 275 g/mol. The molecule has 0 aliphatic heterocycles. The summed E-state index contributed by atoms with van der Waals surface area (Å²) in [6.45, 7) is 0.395. The molecule has 1 atom stereocenters. The second-order valence-electron chi connectivity index (χ2n) is 4.65. The van der Waals surface area contributed by atoms with E-state index in [1.807, 2.05) is 31.1 Å². The van der Waals surface area contributed by atoms with Crippen LogP contribution in [0.4, 0.5) is 0 Å². The molecule has 1 unspecified atom stereocenters. The predicted octanol–water partition coefficient (Wildman–Crippen LogP) is 1.00. The van der Waals surface area contributed by atoms with Gasteiger partial charge >= 0.3 is 0 Å². The first-order valence-corrected chi connectivity index (χ1v) is 6.24. The molecule has 0 spiro atoms. The van der Waals surface area contributed by atoms with E-state index in [1.165, 1.54) is 12.3 Å². The van der Waals surface area contributed by atoms with E-state index in [2.05, 4.69) is 10.3 Å². The van der Waals surface area contributed by atoms with Crippen LogP contribution in [0.1, 0.15) is 22.2 Å². The molecule has 6 nitrogen and oxygen atoms in total. The van der Waals surface area contributed by atoms with Crippen molar-refractivity contribution in [3.05, 3.63) is 58.4 Å². The van der Waals surface area contributed by atoms with Gasteiger partial charge in [0.25, 0.3) is 5.91 Å².